The maximum absolute atomic E-state index is 12.7. The molecule has 2 aromatic rings. The van der Waals surface area contributed by atoms with E-state index in [9.17, 15) is 13.2 Å². The molecule has 0 unspecified atom stereocenters. The zero-order chi connectivity index (χ0) is 16.5. The molecular formula is C13H15ClN2O4S2. The monoisotopic (exact) mass is 362 g/mol. The SMILES string of the molecule is CCN(Cc1ccc(Cl)s1)S(=O)(=O)c1cc(C(=O)O)n(C)c1. The smallest absolute Gasteiger partial charge is 0.352 e. The predicted molar refractivity (Wildman–Crippen MR) is 85.0 cm³/mol. The molecule has 0 aliphatic heterocycles. The average molecular weight is 363 g/mol. The molecule has 0 bridgehead atoms. The molecule has 0 radical (unpaired) electrons. The van der Waals surface area contributed by atoms with Crippen LogP contribution in [0, 0.1) is 0 Å². The largest absolute Gasteiger partial charge is 0.477 e. The van der Waals surface area contributed by atoms with Crippen LogP contribution in [0.15, 0.2) is 29.3 Å². The zero-order valence-corrected chi connectivity index (χ0v) is 14.4. The first kappa shape index (κ1) is 17.0. The van der Waals surface area contributed by atoms with Crippen LogP contribution in [0.25, 0.3) is 0 Å². The molecule has 0 amide bonds. The zero-order valence-electron chi connectivity index (χ0n) is 12.0. The molecule has 0 atom stereocenters. The highest BCUT2D eigenvalue weighted by molar-refractivity contribution is 7.89. The molecule has 0 saturated heterocycles. The lowest BCUT2D eigenvalue weighted by molar-refractivity contribution is 0.0686. The maximum Gasteiger partial charge on any atom is 0.352 e. The molecule has 1 N–H and O–H groups in total. The third-order valence-corrected chi connectivity index (χ3v) is 6.25. The lowest BCUT2D eigenvalue weighted by atomic mass is 10.4. The first-order valence-electron chi connectivity index (χ1n) is 6.39. The minimum atomic E-state index is -3.76. The Bertz CT molecular complexity index is 795. The van der Waals surface area contributed by atoms with Crippen LogP contribution < -0.4 is 0 Å². The van der Waals surface area contributed by atoms with Gasteiger partial charge in [-0.3, -0.25) is 0 Å². The molecule has 6 nitrogen and oxygen atoms in total. The Kier molecular flexibility index (Phi) is 4.96. The second kappa shape index (κ2) is 6.41. The van der Waals surface area contributed by atoms with E-state index in [0.29, 0.717) is 4.34 Å². The highest BCUT2D eigenvalue weighted by Gasteiger charge is 2.26. The number of aryl methyl sites for hydroxylation is 1. The molecule has 2 aromatic heterocycles. The van der Waals surface area contributed by atoms with Gasteiger partial charge in [0, 0.05) is 31.2 Å². The Morgan fingerprint density at radius 1 is 1.45 bits per heavy atom. The van der Waals surface area contributed by atoms with E-state index in [0.717, 1.165) is 4.88 Å². The second-order valence-corrected chi connectivity index (χ2v) is 8.35. The summed E-state index contributed by atoms with van der Waals surface area (Å²) >= 11 is 7.18. The molecule has 0 aliphatic carbocycles. The van der Waals surface area contributed by atoms with Gasteiger partial charge in [0.2, 0.25) is 10.0 Å². The lowest BCUT2D eigenvalue weighted by Crippen LogP contribution is -2.29. The van der Waals surface area contributed by atoms with Crippen molar-refractivity contribution >= 4 is 38.9 Å². The molecular weight excluding hydrogens is 348 g/mol. The number of carboxylic acid groups (broad SMARTS) is 1. The van der Waals surface area contributed by atoms with E-state index in [2.05, 4.69) is 0 Å². The number of halogens is 1. The van der Waals surface area contributed by atoms with Gasteiger partial charge in [0.1, 0.15) is 10.6 Å². The molecule has 0 fully saturated rings. The molecule has 2 heterocycles. The number of sulfonamides is 1. The van der Waals surface area contributed by atoms with Gasteiger partial charge in [0.25, 0.3) is 0 Å². The number of aromatic nitrogens is 1. The van der Waals surface area contributed by atoms with Gasteiger partial charge in [-0.05, 0) is 18.2 Å². The normalized spacial score (nSPS) is 12.0. The van der Waals surface area contributed by atoms with Crippen molar-refractivity contribution in [2.24, 2.45) is 7.05 Å². The number of hydrogen-bond donors (Lipinski definition) is 1. The van der Waals surface area contributed by atoms with Crippen molar-refractivity contribution in [3.05, 3.63) is 39.3 Å². The summed E-state index contributed by atoms with van der Waals surface area (Å²) in [5.74, 6) is -1.17. The average Bonchev–Trinajstić information content (AvgIpc) is 3.02. The van der Waals surface area contributed by atoms with E-state index >= 15 is 0 Å². The number of carbonyl (C=O) groups is 1. The van der Waals surface area contributed by atoms with Crippen molar-refractivity contribution < 1.29 is 18.3 Å². The van der Waals surface area contributed by atoms with E-state index in [1.54, 1.807) is 19.1 Å². The second-order valence-electron chi connectivity index (χ2n) is 4.61. The highest BCUT2D eigenvalue weighted by atomic mass is 35.5. The van der Waals surface area contributed by atoms with E-state index in [1.165, 1.54) is 39.5 Å². The summed E-state index contributed by atoms with van der Waals surface area (Å²) < 4.78 is 28.5. The van der Waals surface area contributed by atoms with E-state index in [4.69, 9.17) is 16.7 Å². The van der Waals surface area contributed by atoms with Crippen molar-refractivity contribution in [3.8, 4) is 0 Å². The summed E-state index contributed by atoms with van der Waals surface area (Å²) in [4.78, 5) is 11.8. The van der Waals surface area contributed by atoms with Crippen molar-refractivity contribution in [1.82, 2.24) is 8.87 Å². The Morgan fingerprint density at radius 2 is 2.14 bits per heavy atom. The number of carboxylic acids is 1. The van der Waals surface area contributed by atoms with Crippen molar-refractivity contribution in [2.45, 2.75) is 18.4 Å². The summed E-state index contributed by atoms with van der Waals surface area (Å²) in [7, 11) is -2.26. The summed E-state index contributed by atoms with van der Waals surface area (Å²) in [6, 6.07) is 4.66. The molecule has 0 aliphatic rings. The van der Waals surface area contributed by atoms with Crippen LogP contribution in [0.1, 0.15) is 22.3 Å². The fourth-order valence-electron chi connectivity index (χ4n) is 2.01. The third-order valence-electron chi connectivity index (χ3n) is 3.15. The van der Waals surface area contributed by atoms with Crippen LogP contribution in [0.4, 0.5) is 0 Å². The fourth-order valence-corrected chi connectivity index (χ4v) is 4.70. The van der Waals surface area contributed by atoms with Gasteiger partial charge in [-0.25, -0.2) is 13.2 Å². The van der Waals surface area contributed by atoms with Crippen LogP contribution in [0.3, 0.4) is 0 Å². The number of rotatable bonds is 6. The molecule has 9 heteroatoms. The Morgan fingerprint density at radius 3 is 2.59 bits per heavy atom. The van der Waals surface area contributed by atoms with Crippen LogP contribution >= 0.6 is 22.9 Å². The van der Waals surface area contributed by atoms with Gasteiger partial charge in [-0.15, -0.1) is 11.3 Å². The van der Waals surface area contributed by atoms with E-state index in [1.807, 2.05) is 0 Å². The quantitative estimate of drug-likeness (QED) is 0.856. The fraction of sp³-hybridized carbons (Fsp3) is 0.308. The van der Waals surface area contributed by atoms with Gasteiger partial charge in [-0.1, -0.05) is 18.5 Å². The summed E-state index contributed by atoms with van der Waals surface area (Å²) in [5, 5.41) is 9.04. The molecule has 0 aromatic carbocycles. The van der Waals surface area contributed by atoms with Crippen molar-refractivity contribution in [1.29, 1.82) is 0 Å². The molecule has 120 valence electrons. The van der Waals surface area contributed by atoms with Crippen LogP contribution in [0.2, 0.25) is 4.34 Å². The minimum Gasteiger partial charge on any atom is -0.477 e. The highest BCUT2D eigenvalue weighted by Crippen LogP contribution is 2.26. The van der Waals surface area contributed by atoms with Crippen LogP contribution in [-0.2, 0) is 23.6 Å². The topological polar surface area (TPSA) is 79.6 Å². The number of nitrogens with zero attached hydrogens (tertiary/aromatic N) is 2. The first-order chi connectivity index (χ1) is 10.3. The van der Waals surface area contributed by atoms with Gasteiger partial charge < -0.3 is 9.67 Å². The molecule has 22 heavy (non-hydrogen) atoms. The predicted octanol–water partition coefficient (Wildman–Crippen LogP) is 2.65. The Hall–Kier alpha value is -1.35. The molecule has 0 spiro atoms. The van der Waals surface area contributed by atoms with Crippen LogP contribution in [-0.4, -0.2) is 34.9 Å². The van der Waals surface area contributed by atoms with Gasteiger partial charge in [-0.2, -0.15) is 4.31 Å². The van der Waals surface area contributed by atoms with Crippen molar-refractivity contribution in [3.63, 3.8) is 0 Å². The standard InChI is InChI=1S/C13H15ClN2O4S2/c1-3-16(7-9-4-5-12(14)21-9)22(19,20)10-6-11(13(17)18)15(2)8-10/h4-6,8H,3,7H2,1-2H3,(H,17,18). The number of thiophene rings is 1. The van der Waals surface area contributed by atoms with Gasteiger partial charge in [0.05, 0.1) is 4.34 Å². The Balaban J connectivity index is 2.34. The Labute approximate surface area is 137 Å². The lowest BCUT2D eigenvalue weighted by Gasteiger charge is -2.18. The summed E-state index contributed by atoms with van der Waals surface area (Å²) in [6.45, 7) is 2.20. The molecule has 0 saturated carbocycles. The van der Waals surface area contributed by atoms with Crippen LogP contribution in [0.5, 0.6) is 0 Å². The minimum absolute atomic E-state index is 0.0306. The van der Waals surface area contributed by atoms with Crippen molar-refractivity contribution in [2.75, 3.05) is 6.54 Å². The number of aromatic carboxylic acids is 1. The van der Waals surface area contributed by atoms with Gasteiger partial charge >= 0.3 is 5.97 Å². The van der Waals surface area contributed by atoms with Gasteiger partial charge in [0.15, 0.2) is 0 Å². The summed E-state index contributed by atoms with van der Waals surface area (Å²) in [6.07, 6.45) is 1.31. The molecule has 2 rings (SSSR count). The first-order valence-corrected chi connectivity index (χ1v) is 9.03. The maximum atomic E-state index is 12.7. The third kappa shape index (κ3) is 3.35. The van der Waals surface area contributed by atoms with E-state index in [-0.39, 0.29) is 23.7 Å². The summed E-state index contributed by atoms with van der Waals surface area (Å²) in [5.41, 5.74) is -0.0752. The number of hydrogen-bond acceptors (Lipinski definition) is 4. The van der Waals surface area contributed by atoms with E-state index < -0.39 is 16.0 Å².